The van der Waals surface area contributed by atoms with E-state index in [2.05, 4.69) is 36.1 Å². The van der Waals surface area contributed by atoms with Crippen molar-refractivity contribution in [2.24, 2.45) is 17.8 Å². The van der Waals surface area contributed by atoms with Gasteiger partial charge in [-0.05, 0) is 70.6 Å². The number of nitrogens with one attached hydrogen (secondary N) is 1. The summed E-state index contributed by atoms with van der Waals surface area (Å²) in [4.78, 5) is 16.9. The number of nitrogens with zero attached hydrogens (tertiary/aromatic N) is 2. The summed E-state index contributed by atoms with van der Waals surface area (Å²) in [5.74, 6) is 2.44. The monoisotopic (exact) mass is 295 g/mol. The van der Waals surface area contributed by atoms with Crippen LogP contribution in [0.2, 0.25) is 0 Å². The van der Waals surface area contributed by atoms with Gasteiger partial charge in [0.15, 0.2) is 0 Å². The topological polar surface area (TPSA) is 35.6 Å². The number of hydrogen-bond donors (Lipinski definition) is 1. The molecule has 0 aromatic heterocycles. The van der Waals surface area contributed by atoms with E-state index >= 15 is 0 Å². The lowest BCUT2D eigenvalue weighted by atomic mass is 9.83. The van der Waals surface area contributed by atoms with Crippen LogP contribution in [0, 0.1) is 17.8 Å². The highest BCUT2D eigenvalue weighted by Crippen LogP contribution is 2.26. The summed E-state index contributed by atoms with van der Waals surface area (Å²) in [5, 5.41) is 3.41. The van der Waals surface area contributed by atoms with E-state index in [1.165, 1.54) is 25.7 Å². The van der Waals surface area contributed by atoms with Crippen molar-refractivity contribution in [1.82, 2.24) is 15.1 Å². The molecular weight excluding hydrogens is 262 g/mol. The van der Waals surface area contributed by atoms with E-state index in [1.807, 2.05) is 0 Å². The van der Waals surface area contributed by atoms with Crippen molar-refractivity contribution in [1.29, 1.82) is 0 Å². The van der Waals surface area contributed by atoms with Crippen molar-refractivity contribution in [3.05, 3.63) is 0 Å². The Morgan fingerprint density at radius 2 is 1.81 bits per heavy atom. The molecule has 1 atom stereocenters. The lowest BCUT2D eigenvalue weighted by molar-refractivity contribution is -0.134. The molecule has 1 unspecified atom stereocenters. The van der Waals surface area contributed by atoms with Gasteiger partial charge in [-0.25, -0.2) is 0 Å². The smallest absolute Gasteiger partial charge is 0.222 e. The van der Waals surface area contributed by atoms with Crippen LogP contribution in [0.3, 0.4) is 0 Å². The molecule has 0 aromatic rings. The highest BCUT2D eigenvalue weighted by Gasteiger charge is 2.27. The zero-order valence-electron chi connectivity index (χ0n) is 14.1. The fraction of sp³-hybridized carbons (Fsp3) is 0.941. The van der Waals surface area contributed by atoms with E-state index in [0.717, 1.165) is 51.0 Å². The van der Waals surface area contributed by atoms with Crippen molar-refractivity contribution in [2.45, 2.75) is 39.0 Å². The molecule has 122 valence electrons. The second kappa shape index (κ2) is 8.14. The molecule has 2 saturated heterocycles. The second-order valence-corrected chi connectivity index (χ2v) is 7.36. The molecule has 0 radical (unpaired) electrons. The molecule has 0 bridgehead atoms. The third kappa shape index (κ3) is 5.26. The zero-order chi connectivity index (χ0) is 15.2. The Balaban J connectivity index is 1.71. The maximum atomic E-state index is 12.5. The van der Waals surface area contributed by atoms with Crippen molar-refractivity contribution in [3.63, 3.8) is 0 Å². The van der Waals surface area contributed by atoms with Crippen molar-refractivity contribution in [3.8, 4) is 0 Å². The van der Waals surface area contributed by atoms with Gasteiger partial charge >= 0.3 is 0 Å². The van der Waals surface area contributed by atoms with Crippen molar-refractivity contribution in [2.75, 3.05) is 46.8 Å². The molecule has 2 fully saturated rings. The molecular formula is C17H33N3O. The quantitative estimate of drug-likeness (QED) is 0.840. The summed E-state index contributed by atoms with van der Waals surface area (Å²) in [6.45, 7) is 7.62. The SMILES string of the molecule is CC(CC(=O)N1CCC(CN(C)C)CC1)C1CCNCC1. The highest BCUT2D eigenvalue weighted by atomic mass is 16.2. The number of piperidine rings is 2. The van der Waals surface area contributed by atoms with E-state index in [4.69, 9.17) is 0 Å². The molecule has 1 N–H and O–H groups in total. The minimum absolute atomic E-state index is 0.393. The number of carbonyl (C=O) groups is 1. The second-order valence-electron chi connectivity index (χ2n) is 7.36. The molecule has 4 heteroatoms. The van der Waals surface area contributed by atoms with Crippen LogP contribution in [0.4, 0.5) is 0 Å². The molecule has 2 rings (SSSR count). The third-order valence-corrected chi connectivity index (χ3v) is 5.28. The molecule has 2 aliphatic rings. The number of hydrogen-bond acceptors (Lipinski definition) is 3. The summed E-state index contributed by atoms with van der Waals surface area (Å²) in [5.41, 5.74) is 0. The number of carbonyl (C=O) groups excluding carboxylic acids is 1. The first-order chi connectivity index (χ1) is 10.1. The van der Waals surface area contributed by atoms with Gasteiger partial charge in [0.2, 0.25) is 5.91 Å². The Morgan fingerprint density at radius 1 is 1.19 bits per heavy atom. The van der Waals surface area contributed by atoms with E-state index < -0.39 is 0 Å². The van der Waals surface area contributed by atoms with Crippen LogP contribution in [-0.4, -0.2) is 62.5 Å². The first-order valence-electron chi connectivity index (χ1n) is 8.69. The Hall–Kier alpha value is -0.610. The van der Waals surface area contributed by atoms with Crippen LogP contribution in [0.1, 0.15) is 39.0 Å². The van der Waals surface area contributed by atoms with Gasteiger partial charge in [-0.2, -0.15) is 0 Å². The van der Waals surface area contributed by atoms with Gasteiger partial charge in [0, 0.05) is 26.1 Å². The minimum Gasteiger partial charge on any atom is -0.343 e. The van der Waals surface area contributed by atoms with E-state index in [-0.39, 0.29) is 0 Å². The Kier molecular flexibility index (Phi) is 6.49. The maximum Gasteiger partial charge on any atom is 0.222 e. The van der Waals surface area contributed by atoms with Crippen molar-refractivity contribution < 1.29 is 4.79 Å². The van der Waals surface area contributed by atoms with Crippen molar-refractivity contribution >= 4 is 5.91 Å². The van der Waals surface area contributed by atoms with Gasteiger partial charge in [0.25, 0.3) is 0 Å². The molecule has 0 aliphatic carbocycles. The lowest BCUT2D eigenvalue weighted by Crippen LogP contribution is -2.41. The van der Waals surface area contributed by atoms with E-state index in [1.54, 1.807) is 0 Å². The van der Waals surface area contributed by atoms with Gasteiger partial charge < -0.3 is 15.1 Å². The molecule has 2 aliphatic heterocycles. The average Bonchev–Trinajstić information content (AvgIpc) is 2.48. The fourth-order valence-electron chi connectivity index (χ4n) is 3.87. The predicted octanol–water partition coefficient (Wildman–Crippen LogP) is 1.81. The fourth-order valence-corrected chi connectivity index (χ4v) is 3.87. The Morgan fingerprint density at radius 3 is 2.38 bits per heavy atom. The summed E-state index contributed by atoms with van der Waals surface area (Å²) in [6, 6.07) is 0. The summed E-state index contributed by atoms with van der Waals surface area (Å²) >= 11 is 0. The number of likely N-dealkylation sites (tertiary alicyclic amines) is 1. The van der Waals surface area contributed by atoms with Gasteiger partial charge in [-0.1, -0.05) is 6.92 Å². The molecule has 2 heterocycles. The van der Waals surface area contributed by atoms with Crippen LogP contribution < -0.4 is 5.32 Å². The molecule has 4 nitrogen and oxygen atoms in total. The summed E-state index contributed by atoms with van der Waals surface area (Å²) in [6.07, 6.45) is 5.57. The molecule has 0 saturated carbocycles. The minimum atomic E-state index is 0.393. The molecule has 1 amide bonds. The summed E-state index contributed by atoms with van der Waals surface area (Å²) in [7, 11) is 4.27. The number of amides is 1. The molecule has 0 spiro atoms. The lowest BCUT2D eigenvalue weighted by Gasteiger charge is -2.35. The standard InChI is InChI=1S/C17H33N3O/c1-14(16-4-8-18-9-5-16)12-17(21)20-10-6-15(7-11-20)13-19(2)3/h14-16,18H,4-13H2,1-3H3. The summed E-state index contributed by atoms with van der Waals surface area (Å²) < 4.78 is 0. The van der Waals surface area contributed by atoms with Crippen LogP contribution in [0.15, 0.2) is 0 Å². The van der Waals surface area contributed by atoms with Gasteiger partial charge in [0.05, 0.1) is 0 Å². The van der Waals surface area contributed by atoms with E-state index in [9.17, 15) is 4.79 Å². The highest BCUT2D eigenvalue weighted by molar-refractivity contribution is 5.76. The molecule has 0 aromatic carbocycles. The number of rotatable bonds is 5. The van der Waals surface area contributed by atoms with Gasteiger partial charge in [0.1, 0.15) is 0 Å². The van der Waals surface area contributed by atoms with Crippen LogP contribution in [-0.2, 0) is 4.79 Å². The average molecular weight is 295 g/mol. The first-order valence-corrected chi connectivity index (χ1v) is 8.69. The van der Waals surface area contributed by atoms with E-state index in [0.29, 0.717) is 11.8 Å². The van der Waals surface area contributed by atoms with Gasteiger partial charge in [-0.15, -0.1) is 0 Å². The normalized spacial score (nSPS) is 23.5. The van der Waals surface area contributed by atoms with Crippen LogP contribution >= 0.6 is 0 Å². The Bertz CT molecular complexity index is 318. The first kappa shape index (κ1) is 16.8. The zero-order valence-corrected chi connectivity index (χ0v) is 14.1. The van der Waals surface area contributed by atoms with Crippen LogP contribution in [0.25, 0.3) is 0 Å². The molecule has 21 heavy (non-hydrogen) atoms. The predicted molar refractivity (Wildman–Crippen MR) is 87.2 cm³/mol. The van der Waals surface area contributed by atoms with Gasteiger partial charge in [-0.3, -0.25) is 4.79 Å². The Labute approximate surface area is 130 Å². The maximum absolute atomic E-state index is 12.5. The van der Waals surface area contributed by atoms with Crippen LogP contribution in [0.5, 0.6) is 0 Å². The third-order valence-electron chi connectivity index (χ3n) is 5.28. The largest absolute Gasteiger partial charge is 0.343 e.